The molecule has 0 aromatic heterocycles. The molecule has 0 aromatic rings. The van der Waals surface area contributed by atoms with Gasteiger partial charge in [0.15, 0.2) is 0 Å². The molecule has 0 unspecified atom stereocenters. The van der Waals surface area contributed by atoms with Gasteiger partial charge in [0.25, 0.3) is 0 Å². The molecule has 70 valence electrons. The maximum atomic E-state index is 5.52. The summed E-state index contributed by atoms with van der Waals surface area (Å²) in [5.41, 5.74) is 2.55. The molecule has 0 heterocycles. The average molecular weight is 186 g/mol. The fraction of sp³-hybridized carbons (Fsp3) is 0.778. The number of hydrogen-bond acceptors (Lipinski definition) is 2. The van der Waals surface area contributed by atoms with E-state index >= 15 is 0 Å². The second-order valence-electron chi connectivity index (χ2n) is 3.32. The SMILES string of the molecule is C=C[Si](OC)(OC)C1CCCC1. The molecule has 0 spiro atoms. The van der Waals surface area contributed by atoms with Crippen molar-refractivity contribution >= 4 is 8.56 Å². The Hall–Kier alpha value is -0.123. The zero-order valence-corrected chi connectivity index (χ0v) is 9.01. The fourth-order valence-electron chi connectivity index (χ4n) is 2.08. The third-order valence-corrected chi connectivity index (χ3v) is 6.41. The van der Waals surface area contributed by atoms with Gasteiger partial charge in [-0.05, 0) is 18.5 Å². The molecular weight excluding hydrogens is 168 g/mol. The lowest BCUT2D eigenvalue weighted by Gasteiger charge is -2.29. The van der Waals surface area contributed by atoms with Crippen LogP contribution in [0.3, 0.4) is 0 Å². The Kier molecular flexibility index (Phi) is 3.49. The van der Waals surface area contributed by atoms with E-state index in [1.54, 1.807) is 14.2 Å². The summed E-state index contributed by atoms with van der Waals surface area (Å²) in [7, 11) is 1.47. The molecule has 2 nitrogen and oxygen atoms in total. The molecule has 1 fully saturated rings. The van der Waals surface area contributed by atoms with Crippen molar-refractivity contribution in [2.24, 2.45) is 0 Å². The zero-order valence-electron chi connectivity index (χ0n) is 8.01. The first kappa shape index (κ1) is 9.96. The molecule has 0 N–H and O–H groups in total. The van der Waals surface area contributed by atoms with Gasteiger partial charge in [0.05, 0.1) is 0 Å². The molecule has 1 aliphatic rings. The van der Waals surface area contributed by atoms with E-state index < -0.39 is 8.56 Å². The standard InChI is InChI=1S/C9H18O2Si/c1-4-12(10-2,11-3)9-7-5-6-8-9/h4,9H,1,5-8H2,2-3H3. The summed E-state index contributed by atoms with van der Waals surface area (Å²) in [6, 6.07) is 0. The van der Waals surface area contributed by atoms with E-state index in [0.29, 0.717) is 5.54 Å². The van der Waals surface area contributed by atoms with Crippen LogP contribution in [0.15, 0.2) is 12.3 Å². The topological polar surface area (TPSA) is 18.5 Å². The van der Waals surface area contributed by atoms with Crippen LogP contribution in [0.25, 0.3) is 0 Å². The van der Waals surface area contributed by atoms with E-state index in [0.717, 1.165) is 0 Å². The lowest BCUT2D eigenvalue weighted by atomic mass is 10.4. The molecule has 0 aromatic carbocycles. The van der Waals surface area contributed by atoms with Crippen molar-refractivity contribution in [3.05, 3.63) is 12.3 Å². The maximum Gasteiger partial charge on any atom is 0.367 e. The summed E-state index contributed by atoms with van der Waals surface area (Å²) < 4.78 is 11.0. The average Bonchev–Trinajstić information content (AvgIpc) is 2.62. The predicted octanol–water partition coefficient (Wildman–Crippen LogP) is 2.39. The van der Waals surface area contributed by atoms with Crippen LogP contribution in [0.1, 0.15) is 25.7 Å². The molecule has 1 saturated carbocycles. The van der Waals surface area contributed by atoms with Crippen molar-refractivity contribution in [2.45, 2.75) is 31.2 Å². The Labute approximate surface area is 75.8 Å². The summed E-state index contributed by atoms with van der Waals surface area (Å²) >= 11 is 0. The van der Waals surface area contributed by atoms with Crippen molar-refractivity contribution in [3.63, 3.8) is 0 Å². The molecule has 0 amide bonds. The monoisotopic (exact) mass is 186 g/mol. The van der Waals surface area contributed by atoms with Gasteiger partial charge in [-0.25, -0.2) is 0 Å². The van der Waals surface area contributed by atoms with Gasteiger partial charge in [-0.15, -0.1) is 6.58 Å². The summed E-state index contributed by atoms with van der Waals surface area (Å²) in [5, 5.41) is 0. The zero-order chi connectivity index (χ0) is 9.03. The quantitative estimate of drug-likeness (QED) is 0.628. The van der Waals surface area contributed by atoms with E-state index in [9.17, 15) is 0 Å². The molecule has 1 rings (SSSR count). The Morgan fingerprint density at radius 1 is 1.25 bits per heavy atom. The van der Waals surface area contributed by atoms with Crippen molar-refractivity contribution in [1.82, 2.24) is 0 Å². The smallest absolute Gasteiger partial charge is 0.367 e. The van der Waals surface area contributed by atoms with Gasteiger partial charge in [0.1, 0.15) is 0 Å². The van der Waals surface area contributed by atoms with Gasteiger partial charge in [0.2, 0.25) is 0 Å². The largest absolute Gasteiger partial charge is 0.395 e. The third kappa shape index (κ3) is 1.63. The van der Waals surface area contributed by atoms with Crippen LogP contribution < -0.4 is 0 Å². The second-order valence-corrected chi connectivity index (χ2v) is 6.80. The molecule has 3 heteroatoms. The van der Waals surface area contributed by atoms with Crippen LogP contribution in [0.5, 0.6) is 0 Å². The summed E-state index contributed by atoms with van der Waals surface area (Å²) in [4.78, 5) is 0. The highest BCUT2D eigenvalue weighted by molar-refractivity contribution is 6.74. The van der Waals surface area contributed by atoms with Crippen LogP contribution in [-0.4, -0.2) is 22.8 Å². The van der Waals surface area contributed by atoms with Gasteiger partial charge < -0.3 is 8.85 Å². The molecule has 1 aliphatic carbocycles. The Bertz CT molecular complexity index is 149. The summed E-state index contributed by atoms with van der Waals surface area (Å²) in [6.07, 6.45) is 5.14. The lowest BCUT2D eigenvalue weighted by Crippen LogP contribution is -2.42. The first-order valence-corrected chi connectivity index (χ1v) is 6.50. The van der Waals surface area contributed by atoms with Crippen LogP contribution in [0, 0.1) is 0 Å². The minimum atomic E-state index is -2.02. The Morgan fingerprint density at radius 3 is 2.08 bits per heavy atom. The highest BCUT2D eigenvalue weighted by Crippen LogP contribution is 2.39. The highest BCUT2D eigenvalue weighted by Gasteiger charge is 2.42. The van der Waals surface area contributed by atoms with Crippen LogP contribution in [-0.2, 0) is 8.85 Å². The normalized spacial score (nSPS) is 19.8. The third-order valence-electron chi connectivity index (χ3n) is 2.85. The predicted molar refractivity (Wildman–Crippen MR) is 52.2 cm³/mol. The van der Waals surface area contributed by atoms with Gasteiger partial charge in [0, 0.05) is 19.8 Å². The van der Waals surface area contributed by atoms with Crippen LogP contribution >= 0.6 is 0 Å². The second kappa shape index (κ2) is 4.21. The summed E-state index contributed by atoms with van der Waals surface area (Å²) in [6.45, 7) is 3.83. The molecular formula is C9H18O2Si. The van der Waals surface area contributed by atoms with Gasteiger partial charge in [-0.3, -0.25) is 0 Å². The first-order valence-electron chi connectivity index (χ1n) is 4.53. The van der Waals surface area contributed by atoms with E-state index in [1.807, 2.05) is 5.70 Å². The van der Waals surface area contributed by atoms with E-state index in [1.165, 1.54) is 25.7 Å². The van der Waals surface area contributed by atoms with Crippen molar-refractivity contribution in [3.8, 4) is 0 Å². The molecule has 0 radical (unpaired) electrons. The molecule has 0 aliphatic heterocycles. The van der Waals surface area contributed by atoms with E-state index in [-0.39, 0.29) is 0 Å². The van der Waals surface area contributed by atoms with E-state index in [4.69, 9.17) is 8.85 Å². The number of rotatable bonds is 4. The minimum absolute atomic E-state index is 0.630. The van der Waals surface area contributed by atoms with Gasteiger partial charge in [-0.2, -0.15) is 0 Å². The molecule has 0 atom stereocenters. The van der Waals surface area contributed by atoms with Gasteiger partial charge >= 0.3 is 8.56 Å². The molecule has 0 bridgehead atoms. The number of hydrogen-bond donors (Lipinski definition) is 0. The molecule has 0 saturated heterocycles. The Balaban J connectivity index is 2.68. The van der Waals surface area contributed by atoms with Crippen molar-refractivity contribution in [2.75, 3.05) is 14.2 Å². The Morgan fingerprint density at radius 2 is 1.75 bits per heavy atom. The van der Waals surface area contributed by atoms with Crippen molar-refractivity contribution < 1.29 is 8.85 Å². The molecule has 12 heavy (non-hydrogen) atoms. The lowest BCUT2D eigenvalue weighted by molar-refractivity contribution is 0.242. The van der Waals surface area contributed by atoms with E-state index in [2.05, 4.69) is 6.58 Å². The first-order chi connectivity index (χ1) is 5.79. The van der Waals surface area contributed by atoms with Crippen LogP contribution in [0.4, 0.5) is 0 Å². The van der Waals surface area contributed by atoms with Crippen LogP contribution in [0.2, 0.25) is 5.54 Å². The van der Waals surface area contributed by atoms with Crippen molar-refractivity contribution in [1.29, 1.82) is 0 Å². The fourth-order valence-corrected chi connectivity index (χ4v) is 4.79. The summed E-state index contributed by atoms with van der Waals surface area (Å²) in [5.74, 6) is 0. The maximum absolute atomic E-state index is 5.52. The van der Waals surface area contributed by atoms with Gasteiger partial charge in [-0.1, -0.05) is 12.8 Å². The highest BCUT2D eigenvalue weighted by atomic mass is 28.4. The minimum Gasteiger partial charge on any atom is -0.395 e.